The molecule has 1 unspecified atom stereocenters. The molecule has 1 atom stereocenters. The number of anilines is 1. The van der Waals surface area contributed by atoms with Gasteiger partial charge in [0.2, 0.25) is 0 Å². The molecule has 2 rings (SSSR count). The van der Waals surface area contributed by atoms with Gasteiger partial charge < -0.3 is 15.3 Å². The Labute approximate surface area is 120 Å². The third-order valence-corrected chi connectivity index (χ3v) is 3.59. The Hall–Kier alpha value is -1.13. The highest BCUT2D eigenvalue weighted by molar-refractivity contribution is 5.54. The van der Waals surface area contributed by atoms with Crippen LogP contribution in [0.15, 0.2) is 18.2 Å². The van der Waals surface area contributed by atoms with E-state index in [2.05, 4.69) is 31.0 Å². The summed E-state index contributed by atoms with van der Waals surface area (Å²) in [6.45, 7) is 8.46. The topological polar surface area (TPSA) is 35.5 Å². The van der Waals surface area contributed by atoms with E-state index in [1.807, 2.05) is 6.07 Å². The van der Waals surface area contributed by atoms with Crippen LogP contribution in [0.25, 0.3) is 0 Å². The maximum Gasteiger partial charge on any atom is 0.123 e. The molecule has 1 fully saturated rings. The first-order valence-corrected chi connectivity index (χ1v) is 7.31. The lowest BCUT2D eigenvalue weighted by atomic mass is 10.0. The van der Waals surface area contributed by atoms with Crippen molar-refractivity contribution < 1.29 is 9.50 Å². The number of rotatable bonds is 3. The molecule has 0 radical (unpaired) electrons. The minimum Gasteiger partial charge on any atom is -0.391 e. The van der Waals surface area contributed by atoms with Gasteiger partial charge in [0, 0.05) is 30.9 Å². The number of β-amino-alcohol motifs (C(OH)–C–C–N with tert-alkyl or cyclic N) is 1. The number of aliphatic hydroxyl groups excluding tert-OH is 1. The van der Waals surface area contributed by atoms with Crippen LogP contribution in [-0.2, 0) is 6.54 Å². The summed E-state index contributed by atoms with van der Waals surface area (Å²) in [6.07, 6.45) is 1.55. The van der Waals surface area contributed by atoms with E-state index in [4.69, 9.17) is 0 Å². The van der Waals surface area contributed by atoms with Gasteiger partial charge in [0.15, 0.2) is 0 Å². The van der Waals surface area contributed by atoms with Crippen molar-refractivity contribution in [3.8, 4) is 0 Å². The third kappa shape index (κ3) is 4.18. The van der Waals surface area contributed by atoms with E-state index in [0.29, 0.717) is 13.1 Å². The van der Waals surface area contributed by atoms with Gasteiger partial charge >= 0.3 is 0 Å². The van der Waals surface area contributed by atoms with Crippen molar-refractivity contribution in [1.82, 2.24) is 5.32 Å². The summed E-state index contributed by atoms with van der Waals surface area (Å²) in [4.78, 5) is 2.16. The van der Waals surface area contributed by atoms with Crippen molar-refractivity contribution in [2.45, 2.75) is 51.8 Å². The highest BCUT2D eigenvalue weighted by Crippen LogP contribution is 2.25. The lowest BCUT2D eigenvalue weighted by molar-refractivity contribution is 0.154. The number of hydrogen-bond donors (Lipinski definition) is 2. The lowest BCUT2D eigenvalue weighted by Crippen LogP contribution is -2.40. The first-order chi connectivity index (χ1) is 9.35. The Morgan fingerprint density at radius 3 is 2.80 bits per heavy atom. The molecular formula is C16H25FN2O. The van der Waals surface area contributed by atoms with Crippen LogP contribution in [0.1, 0.15) is 39.2 Å². The Morgan fingerprint density at radius 2 is 2.15 bits per heavy atom. The Kier molecular flexibility index (Phi) is 4.66. The average molecular weight is 280 g/mol. The molecule has 0 aliphatic carbocycles. The van der Waals surface area contributed by atoms with Crippen molar-refractivity contribution in [3.63, 3.8) is 0 Å². The molecule has 1 saturated heterocycles. The monoisotopic (exact) mass is 280 g/mol. The van der Waals surface area contributed by atoms with Crippen LogP contribution < -0.4 is 10.2 Å². The van der Waals surface area contributed by atoms with Gasteiger partial charge in [-0.05, 0) is 57.4 Å². The maximum absolute atomic E-state index is 13.5. The Morgan fingerprint density at radius 1 is 1.40 bits per heavy atom. The van der Waals surface area contributed by atoms with Crippen molar-refractivity contribution in [2.24, 2.45) is 0 Å². The summed E-state index contributed by atoms with van der Waals surface area (Å²) in [6, 6.07) is 4.92. The van der Waals surface area contributed by atoms with Gasteiger partial charge in [-0.3, -0.25) is 0 Å². The number of hydrogen-bond acceptors (Lipinski definition) is 3. The van der Waals surface area contributed by atoms with Gasteiger partial charge in [0.05, 0.1) is 6.10 Å². The molecule has 0 amide bonds. The van der Waals surface area contributed by atoms with Crippen molar-refractivity contribution in [2.75, 3.05) is 18.0 Å². The molecule has 0 aromatic heterocycles. The quantitative estimate of drug-likeness (QED) is 0.893. The fourth-order valence-electron chi connectivity index (χ4n) is 2.54. The lowest BCUT2D eigenvalue weighted by Gasteiger charge is -2.34. The second-order valence-corrected chi connectivity index (χ2v) is 6.62. The van der Waals surface area contributed by atoms with Crippen molar-refractivity contribution >= 4 is 5.69 Å². The third-order valence-electron chi connectivity index (χ3n) is 3.59. The summed E-state index contributed by atoms with van der Waals surface area (Å²) in [5, 5.41) is 13.2. The van der Waals surface area contributed by atoms with Crippen LogP contribution >= 0.6 is 0 Å². The van der Waals surface area contributed by atoms with E-state index in [1.54, 1.807) is 6.07 Å². The van der Waals surface area contributed by atoms with Crippen LogP contribution in [0.3, 0.4) is 0 Å². The highest BCUT2D eigenvalue weighted by Gasteiger charge is 2.21. The van der Waals surface area contributed by atoms with E-state index in [0.717, 1.165) is 30.6 Å². The molecule has 1 heterocycles. The number of aliphatic hydroxyl groups is 1. The zero-order chi connectivity index (χ0) is 14.8. The second kappa shape index (κ2) is 6.10. The molecule has 3 nitrogen and oxygen atoms in total. The summed E-state index contributed by atoms with van der Waals surface area (Å²) in [5.74, 6) is -0.211. The van der Waals surface area contributed by atoms with Gasteiger partial charge in [-0.2, -0.15) is 0 Å². The van der Waals surface area contributed by atoms with Crippen LogP contribution in [0.5, 0.6) is 0 Å². The fourth-order valence-corrected chi connectivity index (χ4v) is 2.54. The molecule has 0 spiro atoms. The number of benzene rings is 1. The van der Waals surface area contributed by atoms with E-state index < -0.39 is 0 Å². The van der Waals surface area contributed by atoms with Crippen LogP contribution in [0, 0.1) is 5.82 Å². The highest BCUT2D eigenvalue weighted by atomic mass is 19.1. The first kappa shape index (κ1) is 15.3. The second-order valence-electron chi connectivity index (χ2n) is 6.62. The average Bonchev–Trinajstić information content (AvgIpc) is 2.35. The normalized spacial score (nSPS) is 20.2. The number of halogens is 1. The van der Waals surface area contributed by atoms with E-state index >= 15 is 0 Å². The molecule has 1 aliphatic heterocycles. The molecule has 1 aromatic rings. The predicted octanol–water partition coefficient (Wildman–Crippen LogP) is 2.67. The Bertz CT molecular complexity index is 456. The van der Waals surface area contributed by atoms with Crippen molar-refractivity contribution in [1.29, 1.82) is 0 Å². The molecule has 20 heavy (non-hydrogen) atoms. The van der Waals surface area contributed by atoms with Gasteiger partial charge in [-0.1, -0.05) is 0 Å². The van der Waals surface area contributed by atoms with Crippen LogP contribution in [0.4, 0.5) is 10.1 Å². The number of piperidine rings is 1. The smallest absolute Gasteiger partial charge is 0.123 e. The standard InChI is InChI=1S/C16H25FN2O/c1-16(2,3)18-10-12-9-13(17)6-7-15(12)19-8-4-5-14(20)11-19/h6-7,9,14,18,20H,4-5,8,10-11H2,1-3H3. The van der Waals surface area contributed by atoms with Crippen LogP contribution in [-0.4, -0.2) is 29.8 Å². The van der Waals surface area contributed by atoms with E-state index in [1.165, 1.54) is 6.07 Å². The van der Waals surface area contributed by atoms with Crippen molar-refractivity contribution in [3.05, 3.63) is 29.6 Å². The van der Waals surface area contributed by atoms with E-state index in [9.17, 15) is 9.50 Å². The maximum atomic E-state index is 13.5. The largest absolute Gasteiger partial charge is 0.391 e. The molecule has 1 aromatic carbocycles. The van der Waals surface area contributed by atoms with Crippen LogP contribution in [0.2, 0.25) is 0 Å². The molecule has 112 valence electrons. The summed E-state index contributed by atoms with van der Waals surface area (Å²) < 4.78 is 13.5. The van der Waals surface area contributed by atoms with Gasteiger partial charge in [-0.25, -0.2) is 4.39 Å². The predicted molar refractivity (Wildman–Crippen MR) is 80.4 cm³/mol. The zero-order valence-electron chi connectivity index (χ0n) is 12.6. The summed E-state index contributed by atoms with van der Waals surface area (Å²) in [5.41, 5.74) is 1.97. The van der Waals surface area contributed by atoms with E-state index in [-0.39, 0.29) is 17.5 Å². The molecular weight excluding hydrogens is 255 g/mol. The molecule has 0 bridgehead atoms. The van der Waals surface area contributed by atoms with Gasteiger partial charge in [0.1, 0.15) is 5.82 Å². The van der Waals surface area contributed by atoms with Gasteiger partial charge in [-0.15, -0.1) is 0 Å². The summed E-state index contributed by atoms with van der Waals surface area (Å²) in [7, 11) is 0. The number of nitrogens with zero attached hydrogens (tertiary/aromatic N) is 1. The molecule has 4 heteroatoms. The zero-order valence-corrected chi connectivity index (χ0v) is 12.6. The molecule has 2 N–H and O–H groups in total. The van der Waals surface area contributed by atoms with Gasteiger partial charge in [0.25, 0.3) is 0 Å². The molecule has 1 aliphatic rings. The molecule has 0 saturated carbocycles. The minimum absolute atomic E-state index is 0.00893. The fraction of sp³-hybridized carbons (Fsp3) is 0.625. The minimum atomic E-state index is -0.280. The summed E-state index contributed by atoms with van der Waals surface area (Å²) >= 11 is 0. The first-order valence-electron chi connectivity index (χ1n) is 7.31. The number of nitrogens with one attached hydrogen (secondary N) is 1. The Balaban J connectivity index is 2.18. The SMILES string of the molecule is CC(C)(C)NCc1cc(F)ccc1N1CCCC(O)C1.